The van der Waals surface area contributed by atoms with Crippen LogP contribution in [-0.4, -0.2) is 85.4 Å². The van der Waals surface area contributed by atoms with Gasteiger partial charge in [0, 0.05) is 45.4 Å². The van der Waals surface area contributed by atoms with E-state index in [-0.39, 0.29) is 51.8 Å². The summed E-state index contributed by atoms with van der Waals surface area (Å²) in [5.41, 5.74) is 0.518. The van der Waals surface area contributed by atoms with Crippen LogP contribution in [0.15, 0.2) is 16.8 Å². The Bertz CT molecular complexity index is 1670. The monoisotopic (exact) mass is 815 g/mol. The van der Waals surface area contributed by atoms with Gasteiger partial charge in [-0.3, -0.25) is 24.0 Å². The lowest BCUT2D eigenvalue weighted by molar-refractivity contribution is -0.336. The minimum Gasteiger partial charge on any atom is -0.463 e. The summed E-state index contributed by atoms with van der Waals surface area (Å²) >= 11 is 0. The Morgan fingerprint density at radius 1 is 0.810 bits per heavy atom. The molecule has 0 N–H and O–H groups in total. The fraction of sp³-hybridized carbons (Fsp3) is 0.822. The summed E-state index contributed by atoms with van der Waals surface area (Å²) in [5.74, 6) is -2.49. The lowest BCUT2D eigenvalue weighted by Crippen LogP contribution is -2.66. The van der Waals surface area contributed by atoms with Gasteiger partial charge in [0.1, 0.15) is 25.6 Å². The predicted molar refractivity (Wildman–Crippen MR) is 214 cm³/mol. The van der Waals surface area contributed by atoms with E-state index >= 15 is 4.79 Å². The predicted octanol–water partition coefficient (Wildman–Crippen LogP) is 7.46. The molecule has 5 aliphatic rings. The standard InChI is InChI=1S/C45H69NO12/c1-25(2)15-14-19-45(12,58-40-39(56-29(6)50)38(55-28(5)49)37(54-27(4)48)32(57-40)24-53-26(3)47)30-16-21-44(11)36(30)31(51)23-34-42(9)20-18-35(46-52-13)41(7,8)33(42)17-22-43(34,44)10/h15,30,32-34,36-40H,14,16-24H2,1-13H3/b46-35+/t30?,32?,33?,34?,36?,37-,38?,39?,40+,42+,43-,44-,45+/m1/s1. The summed E-state index contributed by atoms with van der Waals surface area (Å²) in [5, 5.41) is 4.49. The van der Waals surface area contributed by atoms with E-state index in [1.165, 1.54) is 27.7 Å². The Morgan fingerprint density at radius 3 is 2.00 bits per heavy atom. The fourth-order valence-corrected chi connectivity index (χ4v) is 12.7. The van der Waals surface area contributed by atoms with Gasteiger partial charge in [0.05, 0.1) is 11.3 Å². The van der Waals surface area contributed by atoms with Crippen molar-refractivity contribution in [2.24, 2.45) is 50.5 Å². The molecule has 7 unspecified atom stereocenters. The molecule has 5 rings (SSSR count). The molecule has 0 aromatic carbocycles. The summed E-state index contributed by atoms with van der Waals surface area (Å²) in [4.78, 5) is 70.1. The number of oxime groups is 1. The average molecular weight is 816 g/mol. The first-order chi connectivity index (χ1) is 26.9. The van der Waals surface area contributed by atoms with Gasteiger partial charge >= 0.3 is 23.9 Å². The lowest BCUT2D eigenvalue weighted by Gasteiger charge is -2.68. The Hall–Kier alpha value is -3.32. The highest BCUT2D eigenvalue weighted by atomic mass is 16.7. The summed E-state index contributed by atoms with van der Waals surface area (Å²) in [6.45, 7) is 22.3. The summed E-state index contributed by atoms with van der Waals surface area (Å²) in [7, 11) is 1.61. The van der Waals surface area contributed by atoms with Gasteiger partial charge in [-0.2, -0.15) is 0 Å². The van der Waals surface area contributed by atoms with Crippen LogP contribution >= 0.6 is 0 Å². The molecular weight excluding hydrogens is 746 g/mol. The second-order valence-corrected chi connectivity index (χ2v) is 19.5. The van der Waals surface area contributed by atoms with Gasteiger partial charge in [0.15, 0.2) is 24.6 Å². The molecule has 1 aliphatic heterocycles. The van der Waals surface area contributed by atoms with E-state index in [9.17, 15) is 19.2 Å². The first-order valence-corrected chi connectivity index (χ1v) is 21.2. The Kier molecular flexibility index (Phi) is 13.4. The Labute approximate surface area is 345 Å². The highest BCUT2D eigenvalue weighted by molar-refractivity contribution is 5.91. The molecule has 326 valence electrons. The molecule has 13 heteroatoms. The van der Waals surface area contributed by atoms with Crippen molar-refractivity contribution in [1.29, 1.82) is 0 Å². The van der Waals surface area contributed by atoms with Crippen LogP contribution in [0.4, 0.5) is 0 Å². The van der Waals surface area contributed by atoms with Gasteiger partial charge < -0.3 is 33.3 Å². The number of carbonyl (C=O) groups excluding carboxylic acids is 5. The van der Waals surface area contributed by atoms with Gasteiger partial charge in [0.25, 0.3) is 0 Å². The van der Waals surface area contributed by atoms with Crippen molar-refractivity contribution in [3.8, 4) is 0 Å². The average Bonchev–Trinajstić information content (AvgIpc) is 3.49. The van der Waals surface area contributed by atoms with Gasteiger partial charge in [-0.1, -0.05) is 51.4 Å². The van der Waals surface area contributed by atoms with E-state index < -0.39 is 60.2 Å². The molecule has 4 saturated carbocycles. The first-order valence-electron chi connectivity index (χ1n) is 21.2. The molecule has 0 aromatic heterocycles. The van der Waals surface area contributed by atoms with E-state index in [0.717, 1.165) is 49.8 Å². The van der Waals surface area contributed by atoms with Crippen LogP contribution in [-0.2, 0) is 57.2 Å². The molecule has 0 amide bonds. The number of rotatable bonds is 12. The fourth-order valence-electron chi connectivity index (χ4n) is 12.7. The number of allylic oxidation sites excluding steroid dienone is 2. The third-order valence-corrected chi connectivity index (χ3v) is 15.5. The molecule has 4 aliphatic carbocycles. The molecule has 0 radical (unpaired) electrons. The topological polar surface area (TPSA) is 162 Å². The SMILES string of the molecule is CO/N=C1\CC[C@@]2(C)C(CC[C@]3(C)C2CC(=O)C2C([C@](C)(CCC=C(C)C)O[C@@H]4OC(COC(C)=O)[C@@H](OC(C)=O)C(OC(C)=O)C4OC(C)=O)CC[C@]23C)C1(C)C. The maximum absolute atomic E-state index is 15.1. The Morgan fingerprint density at radius 2 is 1.41 bits per heavy atom. The van der Waals surface area contributed by atoms with E-state index in [4.69, 9.17) is 33.3 Å². The quantitative estimate of drug-likeness (QED) is 0.0829. The van der Waals surface area contributed by atoms with Crippen molar-refractivity contribution in [3.63, 3.8) is 0 Å². The van der Waals surface area contributed by atoms with Crippen LogP contribution in [0.1, 0.15) is 141 Å². The third-order valence-electron chi connectivity index (χ3n) is 15.5. The van der Waals surface area contributed by atoms with Crippen molar-refractivity contribution in [3.05, 3.63) is 11.6 Å². The molecule has 0 aromatic rings. The smallest absolute Gasteiger partial charge is 0.303 e. The zero-order chi connectivity index (χ0) is 43.2. The van der Waals surface area contributed by atoms with Crippen LogP contribution < -0.4 is 0 Å². The molecule has 13 nitrogen and oxygen atoms in total. The number of hydrogen-bond donors (Lipinski definition) is 0. The molecule has 1 saturated heterocycles. The third kappa shape index (κ3) is 8.37. The first kappa shape index (κ1) is 45.8. The van der Waals surface area contributed by atoms with Crippen molar-refractivity contribution >= 4 is 35.4 Å². The van der Waals surface area contributed by atoms with Gasteiger partial charge in [-0.05, 0) is 106 Å². The lowest BCUT2D eigenvalue weighted by atomic mass is 9.35. The minimum absolute atomic E-state index is 0.0669. The zero-order valence-corrected chi connectivity index (χ0v) is 37.2. The number of carbonyl (C=O) groups is 5. The molecule has 58 heavy (non-hydrogen) atoms. The number of ketones is 1. The van der Waals surface area contributed by atoms with E-state index in [0.29, 0.717) is 25.2 Å². The molecular formula is C45H69NO12. The number of Topliss-reactive ketones (excluding diaryl/α,β-unsaturated/α-hetero) is 1. The van der Waals surface area contributed by atoms with Gasteiger partial charge in [-0.25, -0.2) is 0 Å². The second kappa shape index (κ2) is 17.0. The maximum Gasteiger partial charge on any atom is 0.303 e. The van der Waals surface area contributed by atoms with E-state index in [1.54, 1.807) is 7.11 Å². The van der Waals surface area contributed by atoms with Crippen LogP contribution in [0, 0.1) is 45.3 Å². The molecule has 13 atom stereocenters. The summed E-state index contributed by atoms with van der Waals surface area (Å²) in [6.07, 6.45) is 2.60. The van der Waals surface area contributed by atoms with Gasteiger partial charge in [0.2, 0.25) is 0 Å². The van der Waals surface area contributed by atoms with Crippen LogP contribution in [0.3, 0.4) is 0 Å². The van der Waals surface area contributed by atoms with Crippen molar-refractivity contribution in [2.75, 3.05) is 13.7 Å². The Balaban J connectivity index is 1.56. The molecule has 1 heterocycles. The van der Waals surface area contributed by atoms with Crippen LogP contribution in [0.25, 0.3) is 0 Å². The van der Waals surface area contributed by atoms with Crippen LogP contribution in [0.2, 0.25) is 0 Å². The number of fused-ring (bicyclic) bond motifs is 5. The highest BCUT2D eigenvalue weighted by Crippen LogP contribution is 2.75. The largest absolute Gasteiger partial charge is 0.463 e. The van der Waals surface area contributed by atoms with E-state index in [1.807, 2.05) is 20.8 Å². The molecule has 0 bridgehead atoms. The molecule has 5 fully saturated rings. The summed E-state index contributed by atoms with van der Waals surface area (Å²) < 4.78 is 36.2. The van der Waals surface area contributed by atoms with Crippen molar-refractivity contribution in [1.82, 2.24) is 0 Å². The summed E-state index contributed by atoms with van der Waals surface area (Å²) in [6, 6.07) is 0. The second-order valence-electron chi connectivity index (χ2n) is 19.5. The van der Waals surface area contributed by atoms with Gasteiger partial charge in [-0.15, -0.1) is 0 Å². The van der Waals surface area contributed by atoms with Crippen molar-refractivity contribution < 1.29 is 57.2 Å². The normalized spacial score (nSPS) is 39.5. The number of esters is 4. The van der Waals surface area contributed by atoms with Crippen molar-refractivity contribution in [2.45, 2.75) is 177 Å². The molecule has 0 spiro atoms. The number of hydrogen-bond acceptors (Lipinski definition) is 13. The maximum atomic E-state index is 15.1. The number of nitrogens with zero attached hydrogens (tertiary/aromatic N) is 1. The zero-order valence-electron chi connectivity index (χ0n) is 37.2. The van der Waals surface area contributed by atoms with Crippen LogP contribution in [0.5, 0.6) is 0 Å². The van der Waals surface area contributed by atoms with E-state index in [2.05, 4.69) is 45.9 Å². The number of ether oxygens (including phenoxy) is 6. The highest BCUT2D eigenvalue weighted by Gasteiger charge is 2.72. The minimum atomic E-state index is -1.37.